The molecule has 0 radical (unpaired) electrons. The van der Waals surface area contributed by atoms with Crippen molar-refractivity contribution in [1.29, 1.82) is 0 Å². The molecule has 0 spiro atoms. The third-order valence-corrected chi connectivity index (χ3v) is 3.36. The maximum Gasteiger partial charge on any atom is 0.307 e. The highest BCUT2D eigenvalue weighted by Crippen LogP contribution is 2.19. The molecule has 0 amide bonds. The molecule has 0 atom stereocenters. The van der Waals surface area contributed by atoms with Gasteiger partial charge in [0.25, 0.3) is 0 Å². The minimum absolute atomic E-state index is 0.0290. The van der Waals surface area contributed by atoms with Crippen molar-refractivity contribution < 1.29 is 9.90 Å². The number of hydrogen-bond donors (Lipinski definition) is 1. The van der Waals surface area contributed by atoms with Crippen molar-refractivity contribution in [2.75, 3.05) is 0 Å². The van der Waals surface area contributed by atoms with E-state index in [2.05, 4.69) is 15.1 Å². The van der Waals surface area contributed by atoms with Gasteiger partial charge in [-0.1, -0.05) is 13.8 Å². The summed E-state index contributed by atoms with van der Waals surface area (Å²) in [6.07, 6.45) is -0.0290. The van der Waals surface area contributed by atoms with Gasteiger partial charge >= 0.3 is 5.97 Å². The molecular weight excluding hydrogens is 268 g/mol. The first-order valence-electron chi connectivity index (χ1n) is 6.92. The number of rotatable bonds is 4. The molecule has 0 aliphatic carbocycles. The first-order valence-corrected chi connectivity index (χ1v) is 6.92. The molecule has 2 aromatic rings. The van der Waals surface area contributed by atoms with Crippen LogP contribution in [-0.4, -0.2) is 30.8 Å². The zero-order valence-electron chi connectivity index (χ0n) is 13.0. The first kappa shape index (κ1) is 15.2. The molecule has 2 rings (SSSR count). The number of carboxylic acids is 1. The third-order valence-electron chi connectivity index (χ3n) is 3.36. The van der Waals surface area contributed by atoms with Crippen LogP contribution in [-0.2, 0) is 11.2 Å². The zero-order chi connectivity index (χ0) is 15.7. The average molecular weight is 288 g/mol. The van der Waals surface area contributed by atoms with Crippen LogP contribution in [0.25, 0.3) is 5.82 Å². The fourth-order valence-electron chi connectivity index (χ4n) is 2.25. The number of aryl methyl sites for hydroxylation is 2. The number of aliphatic carboxylic acids is 1. The molecule has 0 saturated heterocycles. The minimum Gasteiger partial charge on any atom is -0.481 e. The third kappa shape index (κ3) is 3.09. The number of carbonyl (C=O) groups is 1. The van der Waals surface area contributed by atoms with E-state index in [1.165, 1.54) is 0 Å². The SMILES string of the molecule is Cc1cc(-n2nc(C)c(CC(=O)O)c2C)nc(C(C)C)n1. The average Bonchev–Trinajstić information content (AvgIpc) is 2.65. The van der Waals surface area contributed by atoms with Gasteiger partial charge in [-0.25, -0.2) is 14.6 Å². The second-order valence-corrected chi connectivity index (χ2v) is 5.51. The van der Waals surface area contributed by atoms with Crippen LogP contribution in [0.5, 0.6) is 0 Å². The molecule has 0 saturated carbocycles. The van der Waals surface area contributed by atoms with Crippen molar-refractivity contribution in [2.45, 2.75) is 47.0 Å². The van der Waals surface area contributed by atoms with Crippen LogP contribution < -0.4 is 0 Å². The maximum atomic E-state index is 11.0. The van der Waals surface area contributed by atoms with Gasteiger partial charge in [0, 0.05) is 28.9 Å². The second-order valence-electron chi connectivity index (χ2n) is 5.51. The molecule has 0 aliphatic heterocycles. The summed E-state index contributed by atoms with van der Waals surface area (Å²) in [6, 6.07) is 1.86. The van der Waals surface area contributed by atoms with Crippen LogP contribution >= 0.6 is 0 Å². The Hall–Kier alpha value is -2.24. The number of carboxylic acid groups (broad SMARTS) is 1. The minimum atomic E-state index is -0.859. The van der Waals surface area contributed by atoms with E-state index in [4.69, 9.17) is 5.11 Å². The van der Waals surface area contributed by atoms with E-state index in [9.17, 15) is 4.79 Å². The van der Waals surface area contributed by atoms with Crippen LogP contribution in [0, 0.1) is 20.8 Å². The molecule has 1 N–H and O–H groups in total. The molecule has 6 heteroatoms. The van der Waals surface area contributed by atoms with Gasteiger partial charge in [0.1, 0.15) is 5.82 Å². The fourth-order valence-corrected chi connectivity index (χ4v) is 2.25. The van der Waals surface area contributed by atoms with E-state index in [1.807, 2.05) is 40.7 Å². The van der Waals surface area contributed by atoms with Gasteiger partial charge < -0.3 is 5.11 Å². The highest BCUT2D eigenvalue weighted by atomic mass is 16.4. The van der Waals surface area contributed by atoms with Gasteiger partial charge in [0.15, 0.2) is 5.82 Å². The molecule has 6 nitrogen and oxygen atoms in total. The quantitative estimate of drug-likeness (QED) is 0.934. The summed E-state index contributed by atoms with van der Waals surface area (Å²) >= 11 is 0. The molecule has 0 unspecified atom stereocenters. The summed E-state index contributed by atoms with van der Waals surface area (Å²) in [6.45, 7) is 9.68. The van der Waals surface area contributed by atoms with Crippen LogP contribution in [0.2, 0.25) is 0 Å². The van der Waals surface area contributed by atoms with Crippen LogP contribution in [0.1, 0.15) is 48.2 Å². The van der Waals surface area contributed by atoms with Crippen molar-refractivity contribution in [3.63, 3.8) is 0 Å². The summed E-state index contributed by atoms with van der Waals surface area (Å²) in [7, 11) is 0. The van der Waals surface area contributed by atoms with Gasteiger partial charge in [0.05, 0.1) is 12.1 Å². The standard InChI is InChI=1S/C15H20N4O2/c1-8(2)15-16-9(3)6-13(17-15)19-11(5)12(7-14(20)21)10(4)18-19/h6,8H,7H2,1-5H3,(H,20,21). The lowest BCUT2D eigenvalue weighted by Crippen LogP contribution is -2.08. The normalized spacial score (nSPS) is 11.1. The molecule has 0 aromatic carbocycles. The molecule has 0 aliphatic rings. The molecular formula is C15H20N4O2. The molecule has 112 valence electrons. The lowest BCUT2D eigenvalue weighted by Gasteiger charge is -2.09. The van der Waals surface area contributed by atoms with E-state index < -0.39 is 5.97 Å². The van der Waals surface area contributed by atoms with Crippen LogP contribution in [0.4, 0.5) is 0 Å². The second kappa shape index (κ2) is 5.63. The van der Waals surface area contributed by atoms with Gasteiger partial charge in [-0.3, -0.25) is 4.79 Å². The number of nitrogens with zero attached hydrogens (tertiary/aromatic N) is 4. The lowest BCUT2D eigenvalue weighted by molar-refractivity contribution is -0.136. The number of hydrogen-bond acceptors (Lipinski definition) is 4. The summed E-state index contributed by atoms with van der Waals surface area (Å²) in [5.41, 5.74) is 3.14. The van der Waals surface area contributed by atoms with E-state index in [0.717, 1.165) is 28.5 Å². The molecule has 2 aromatic heterocycles. The fraction of sp³-hybridized carbons (Fsp3) is 0.467. The Labute approximate surface area is 123 Å². The Kier molecular flexibility index (Phi) is 4.06. The summed E-state index contributed by atoms with van der Waals surface area (Å²) in [4.78, 5) is 19.9. The van der Waals surface area contributed by atoms with Gasteiger partial charge in [0.2, 0.25) is 0 Å². The van der Waals surface area contributed by atoms with Crippen molar-refractivity contribution in [2.24, 2.45) is 0 Å². The van der Waals surface area contributed by atoms with E-state index in [-0.39, 0.29) is 12.3 Å². The maximum absolute atomic E-state index is 11.0. The number of aromatic nitrogens is 4. The van der Waals surface area contributed by atoms with E-state index in [0.29, 0.717) is 5.82 Å². The Balaban J connectivity index is 2.55. The van der Waals surface area contributed by atoms with Gasteiger partial charge in [-0.15, -0.1) is 0 Å². The van der Waals surface area contributed by atoms with E-state index >= 15 is 0 Å². The Morgan fingerprint density at radius 2 is 1.95 bits per heavy atom. The zero-order valence-corrected chi connectivity index (χ0v) is 13.0. The topological polar surface area (TPSA) is 80.9 Å². The highest BCUT2D eigenvalue weighted by molar-refractivity contribution is 5.71. The van der Waals surface area contributed by atoms with Gasteiger partial charge in [-0.2, -0.15) is 5.10 Å². The Morgan fingerprint density at radius 3 is 2.52 bits per heavy atom. The van der Waals surface area contributed by atoms with Gasteiger partial charge in [-0.05, 0) is 20.8 Å². The summed E-state index contributed by atoms with van der Waals surface area (Å²) in [5, 5.41) is 13.4. The smallest absolute Gasteiger partial charge is 0.307 e. The summed E-state index contributed by atoms with van der Waals surface area (Å²) in [5.74, 6) is 0.808. The summed E-state index contributed by atoms with van der Waals surface area (Å²) < 4.78 is 1.70. The van der Waals surface area contributed by atoms with Crippen LogP contribution in [0.3, 0.4) is 0 Å². The monoisotopic (exact) mass is 288 g/mol. The molecule has 2 heterocycles. The highest BCUT2D eigenvalue weighted by Gasteiger charge is 2.17. The molecule has 0 bridgehead atoms. The van der Waals surface area contributed by atoms with Crippen molar-refractivity contribution >= 4 is 5.97 Å². The van der Waals surface area contributed by atoms with Crippen molar-refractivity contribution in [1.82, 2.24) is 19.7 Å². The van der Waals surface area contributed by atoms with Crippen molar-refractivity contribution in [3.05, 3.63) is 34.5 Å². The molecule has 0 fully saturated rings. The lowest BCUT2D eigenvalue weighted by atomic mass is 10.1. The predicted molar refractivity (Wildman–Crippen MR) is 78.8 cm³/mol. The van der Waals surface area contributed by atoms with E-state index in [1.54, 1.807) is 4.68 Å². The Morgan fingerprint density at radius 1 is 1.29 bits per heavy atom. The first-order chi connectivity index (χ1) is 9.79. The Bertz CT molecular complexity index is 689. The molecule has 21 heavy (non-hydrogen) atoms. The largest absolute Gasteiger partial charge is 0.481 e. The van der Waals surface area contributed by atoms with Crippen LogP contribution in [0.15, 0.2) is 6.07 Å². The predicted octanol–water partition coefficient (Wildman–Crippen LogP) is 2.34. The van der Waals surface area contributed by atoms with Crippen molar-refractivity contribution in [3.8, 4) is 5.82 Å².